The summed E-state index contributed by atoms with van der Waals surface area (Å²) in [4.78, 5) is 10.0. The third kappa shape index (κ3) is 5.50. The third-order valence-electron chi connectivity index (χ3n) is 1.00. The van der Waals surface area contributed by atoms with Gasteiger partial charge in [-0.2, -0.15) is 0 Å². The van der Waals surface area contributed by atoms with Crippen molar-refractivity contribution in [2.45, 2.75) is 19.9 Å². The zero-order chi connectivity index (χ0) is 8.73. The number of carboxylic acid groups (broad SMARTS) is 1. The van der Waals surface area contributed by atoms with E-state index in [1.807, 2.05) is 0 Å². The van der Waals surface area contributed by atoms with Crippen molar-refractivity contribution in [2.24, 2.45) is 11.7 Å². The van der Waals surface area contributed by atoms with Gasteiger partial charge in [-0.15, -0.1) is 0 Å². The minimum Gasteiger partial charge on any atom is -0.480 e. The maximum atomic E-state index is 10.0. The Morgan fingerprint density at radius 3 is 1.90 bits per heavy atom. The van der Waals surface area contributed by atoms with Crippen LogP contribution < -0.4 is 5.73 Å². The topological polar surface area (TPSA) is 63.3 Å². The van der Waals surface area contributed by atoms with Gasteiger partial charge in [-0.05, 0) is 5.92 Å². The highest BCUT2D eigenvalue weighted by atomic mass is 19.1. The molecule has 3 radical (unpaired) electrons. The Labute approximate surface area is 60.0 Å². The lowest BCUT2D eigenvalue weighted by molar-refractivity contribution is -0.139. The minimum atomic E-state index is -0.931. The Bertz CT molecular complexity index is 95.7. The van der Waals surface area contributed by atoms with E-state index in [9.17, 15) is 4.79 Å². The van der Waals surface area contributed by atoms with Crippen molar-refractivity contribution in [3.63, 3.8) is 0 Å². The number of halogens is 1. The van der Waals surface area contributed by atoms with Crippen molar-refractivity contribution < 1.29 is 14.3 Å². The Kier molecular flexibility index (Phi) is 7.82. The lowest BCUT2D eigenvalue weighted by atomic mass is 10.1. The SMILES string of the molecule is CC(C)[C@H](N)C(=O)O.[C]F. The molecule has 10 heavy (non-hydrogen) atoms. The summed E-state index contributed by atoms with van der Waals surface area (Å²) in [6.07, 6.45) is 0. The molecule has 0 bridgehead atoms. The summed E-state index contributed by atoms with van der Waals surface area (Å²) >= 11 is 0. The average molecular weight is 148 g/mol. The molecule has 0 amide bonds. The van der Waals surface area contributed by atoms with Crippen LogP contribution in [0.2, 0.25) is 0 Å². The van der Waals surface area contributed by atoms with Gasteiger partial charge >= 0.3 is 5.97 Å². The first-order valence-electron chi connectivity index (χ1n) is 2.73. The monoisotopic (exact) mass is 148 g/mol. The fraction of sp³-hybridized carbons (Fsp3) is 0.667. The van der Waals surface area contributed by atoms with E-state index in [2.05, 4.69) is 7.18 Å². The molecule has 0 unspecified atom stereocenters. The van der Waals surface area contributed by atoms with E-state index in [0.29, 0.717) is 0 Å². The highest BCUT2D eigenvalue weighted by Gasteiger charge is 2.14. The number of nitrogens with two attached hydrogens (primary N) is 1. The molecule has 0 aliphatic rings. The van der Waals surface area contributed by atoms with E-state index in [1.165, 1.54) is 0 Å². The molecule has 0 aliphatic heterocycles. The molecule has 0 rings (SSSR count). The summed E-state index contributed by atoms with van der Waals surface area (Å²) in [7, 11) is 4.25. The Balaban J connectivity index is 0. The standard InChI is InChI=1S/C5H11NO2.CF/c1-3(2)4(6)5(7)8;1-2/h3-4H,6H2,1-2H3,(H,7,8);/t4-;/m0./s1. The zero-order valence-corrected chi connectivity index (χ0v) is 5.97. The first-order valence-corrected chi connectivity index (χ1v) is 2.73. The summed E-state index contributed by atoms with van der Waals surface area (Å²) < 4.78 is 8.75. The Morgan fingerprint density at radius 2 is 1.90 bits per heavy atom. The van der Waals surface area contributed by atoms with Gasteiger partial charge in [0.25, 0.3) is 0 Å². The van der Waals surface area contributed by atoms with Crippen LogP contribution in [0.3, 0.4) is 0 Å². The van der Waals surface area contributed by atoms with Crippen molar-refractivity contribution >= 4 is 5.97 Å². The summed E-state index contributed by atoms with van der Waals surface area (Å²) in [5.74, 6) is -0.910. The van der Waals surface area contributed by atoms with Gasteiger partial charge in [0.1, 0.15) is 6.04 Å². The highest BCUT2D eigenvalue weighted by molar-refractivity contribution is 5.73. The van der Waals surface area contributed by atoms with Gasteiger partial charge in [-0.25, -0.2) is 4.39 Å². The number of carbonyl (C=O) groups is 1. The number of hydrogen-bond acceptors (Lipinski definition) is 2. The first kappa shape index (κ1) is 12.1. The molecule has 0 fully saturated rings. The van der Waals surface area contributed by atoms with Crippen LogP contribution >= 0.6 is 0 Å². The fourth-order valence-corrected chi connectivity index (χ4v) is 0.285. The number of hydrogen-bond donors (Lipinski definition) is 2. The Morgan fingerprint density at radius 1 is 1.60 bits per heavy atom. The van der Waals surface area contributed by atoms with Crippen LogP contribution in [0.15, 0.2) is 0 Å². The molecule has 4 heteroatoms. The highest BCUT2D eigenvalue weighted by Crippen LogP contribution is 1.96. The number of aliphatic carboxylic acids is 1. The minimum absolute atomic E-state index is 0.0208. The van der Waals surface area contributed by atoms with Gasteiger partial charge in [0.2, 0.25) is 7.18 Å². The van der Waals surface area contributed by atoms with Gasteiger partial charge in [0.05, 0.1) is 0 Å². The lowest BCUT2D eigenvalue weighted by Gasteiger charge is -2.07. The number of rotatable bonds is 2. The summed E-state index contributed by atoms with van der Waals surface area (Å²) in [5.41, 5.74) is 5.16. The molecule has 0 aromatic heterocycles. The van der Waals surface area contributed by atoms with Crippen molar-refractivity contribution in [1.29, 1.82) is 0 Å². The normalized spacial score (nSPS) is 11.8. The van der Waals surface area contributed by atoms with Crippen molar-refractivity contribution in [1.82, 2.24) is 0 Å². The maximum Gasteiger partial charge on any atom is 0.320 e. The average Bonchev–Trinajstić information content (AvgIpc) is 1.90. The van der Waals surface area contributed by atoms with Crippen LogP contribution in [0.4, 0.5) is 4.39 Å². The van der Waals surface area contributed by atoms with Crippen LogP contribution in [-0.2, 0) is 4.79 Å². The van der Waals surface area contributed by atoms with E-state index in [1.54, 1.807) is 13.8 Å². The van der Waals surface area contributed by atoms with Gasteiger partial charge in [-0.3, -0.25) is 4.79 Å². The zero-order valence-electron chi connectivity index (χ0n) is 5.97. The number of carboxylic acids is 1. The van der Waals surface area contributed by atoms with Crippen LogP contribution in [0.25, 0.3) is 0 Å². The second kappa shape index (κ2) is 6.48. The van der Waals surface area contributed by atoms with Crippen molar-refractivity contribution in [3.8, 4) is 0 Å². The second-order valence-electron chi connectivity index (χ2n) is 2.11. The van der Waals surface area contributed by atoms with Gasteiger partial charge in [0.15, 0.2) is 0 Å². The molecule has 3 N–H and O–H groups in total. The fourth-order valence-electron chi connectivity index (χ4n) is 0.285. The summed E-state index contributed by atoms with van der Waals surface area (Å²) in [5, 5.41) is 8.23. The van der Waals surface area contributed by atoms with Crippen LogP contribution in [-0.4, -0.2) is 17.1 Å². The Hall–Kier alpha value is -0.640. The molecule has 3 nitrogen and oxygen atoms in total. The maximum absolute atomic E-state index is 10.0. The third-order valence-corrected chi connectivity index (χ3v) is 1.00. The molecule has 0 spiro atoms. The summed E-state index contributed by atoms with van der Waals surface area (Å²) in [6, 6.07) is -0.713. The van der Waals surface area contributed by atoms with Gasteiger partial charge < -0.3 is 10.8 Å². The molecule has 0 aliphatic carbocycles. The van der Waals surface area contributed by atoms with Crippen molar-refractivity contribution in [3.05, 3.63) is 7.18 Å². The predicted molar refractivity (Wildman–Crippen MR) is 34.8 cm³/mol. The van der Waals surface area contributed by atoms with Gasteiger partial charge in [0, 0.05) is 0 Å². The lowest BCUT2D eigenvalue weighted by Crippen LogP contribution is -2.34. The van der Waals surface area contributed by atoms with E-state index in [0.717, 1.165) is 0 Å². The van der Waals surface area contributed by atoms with Crippen molar-refractivity contribution in [2.75, 3.05) is 0 Å². The molecule has 0 aromatic carbocycles. The summed E-state index contributed by atoms with van der Waals surface area (Å²) in [6.45, 7) is 3.55. The van der Waals surface area contributed by atoms with E-state index >= 15 is 0 Å². The second-order valence-corrected chi connectivity index (χ2v) is 2.11. The largest absolute Gasteiger partial charge is 0.480 e. The molecular weight excluding hydrogens is 137 g/mol. The van der Waals surface area contributed by atoms with Crippen LogP contribution in [0.1, 0.15) is 13.8 Å². The van der Waals surface area contributed by atoms with Crippen LogP contribution in [0, 0.1) is 13.1 Å². The molecular formula is C6H11FNO2. The molecule has 59 valence electrons. The molecule has 0 heterocycles. The molecule has 0 aromatic rings. The quantitative estimate of drug-likeness (QED) is 0.601. The van der Waals surface area contributed by atoms with Crippen LogP contribution in [0.5, 0.6) is 0 Å². The van der Waals surface area contributed by atoms with E-state index in [4.69, 9.17) is 15.2 Å². The molecule has 0 saturated heterocycles. The van der Waals surface area contributed by atoms with E-state index in [-0.39, 0.29) is 5.92 Å². The first-order chi connectivity index (χ1) is 4.55. The van der Waals surface area contributed by atoms with E-state index < -0.39 is 12.0 Å². The smallest absolute Gasteiger partial charge is 0.320 e. The predicted octanol–water partition coefficient (Wildman–Crippen LogP) is 0.556. The van der Waals surface area contributed by atoms with Gasteiger partial charge in [-0.1, -0.05) is 13.8 Å². The molecule has 1 atom stereocenters. The molecule has 0 saturated carbocycles.